The summed E-state index contributed by atoms with van der Waals surface area (Å²) in [5.41, 5.74) is 0. The Morgan fingerprint density at radius 1 is 0.750 bits per heavy atom. The summed E-state index contributed by atoms with van der Waals surface area (Å²) in [6.07, 6.45) is 19.1. The Bertz CT molecular complexity index is 324. The van der Waals surface area contributed by atoms with Crippen LogP contribution in [0.5, 0.6) is 0 Å². The Labute approximate surface area is 150 Å². The van der Waals surface area contributed by atoms with E-state index in [2.05, 4.69) is 5.32 Å². The fourth-order valence-electron chi connectivity index (χ4n) is 2.85. The van der Waals surface area contributed by atoms with Crippen LogP contribution in [0.4, 0.5) is 0 Å². The van der Waals surface area contributed by atoms with Crippen molar-refractivity contribution in [3.8, 4) is 0 Å². The van der Waals surface area contributed by atoms with Crippen LogP contribution < -0.4 is 5.32 Å². The van der Waals surface area contributed by atoms with Gasteiger partial charge in [-0.1, -0.05) is 96.8 Å². The Morgan fingerprint density at radius 3 is 1.58 bits per heavy atom. The van der Waals surface area contributed by atoms with Gasteiger partial charge < -0.3 is 10.4 Å². The largest absolute Gasteiger partial charge is 0.480 e. The summed E-state index contributed by atoms with van der Waals surface area (Å²) < 4.78 is 7.09. The maximum absolute atomic E-state index is 11.3. The molecule has 24 heavy (non-hydrogen) atoms. The lowest BCUT2D eigenvalue weighted by Crippen LogP contribution is -2.28. The van der Waals surface area contributed by atoms with E-state index in [0.29, 0.717) is 13.3 Å². The van der Waals surface area contributed by atoms with Gasteiger partial charge in [0, 0.05) is 7.79 Å². The standard InChI is InChI=1S/C20H39NO3/c1-2-3-4-5-6-7-8-9-10-11-12-13-14-15-16-17-19(22)21-18-20(23)24/h2-18H2,1H3,(H,21,22)(H,23,24)/i1D. The minimum atomic E-state index is -0.992. The van der Waals surface area contributed by atoms with Gasteiger partial charge in [0.05, 0.1) is 0 Å². The molecule has 0 aliphatic rings. The molecule has 0 saturated heterocycles. The first-order chi connectivity index (χ1) is 12.2. The molecule has 0 spiro atoms. The number of aliphatic carboxylic acids is 1. The smallest absolute Gasteiger partial charge is 0.322 e. The van der Waals surface area contributed by atoms with E-state index >= 15 is 0 Å². The van der Waals surface area contributed by atoms with Gasteiger partial charge in [-0.3, -0.25) is 9.59 Å². The summed E-state index contributed by atoms with van der Waals surface area (Å²) in [6.45, 7) is 0.312. The van der Waals surface area contributed by atoms with Crippen molar-refractivity contribution in [1.82, 2.24) is 5.32 Å². The number of carboxylic acid groups (broad SMARTS) is 1. The summed E-state index contributed by atoms with van der Waals surface area (Å²) in [5, 5.41) is 10.8. The summed E-state index contributed by atoms with van der Waals surface area (Å²) >= 11 is 0. The number of carbonyl (C=O) groups is 2. The quantitative estimate of drug-likeness (QED) is 0.326. The van der Waals surface area contributed by atoms with Gasteiger partial charge in [-0.05, 0) is 6.42 Å². The van der Waals surface area contributed by atoms with E-state index in [0.717, 1.165) is 19.3 Å². The van der Waals surface area contributed by atoms with Gasteiger partial charge >= 0.3 is 5.97 Å². The molecule has 142 valence electrons. The first-order valence-corrected chi connectivity index (χ1v) is 9.94. The Balaban J connectivity index is 3.09. The van der Waals surface area contributed by atoms with Crippen molar-refractivity contribution in [3.63, 3.8) is 0 Å². The predicted octanol–water partition coefficient (Wildman–Crippen LogP) is 5.45. The highest BCUT2D eigenvalue weighted by atomic mass is 16.4. The van der Waals surface area contributed by atoms with Gasteiger partial charge in [-0.15, -0.1) is 0 Å². The third kappa shape index (κ3) is 19.0. The zero-order chi connectivity index (χ0) is 18.6. The van der Waals surface area contributed by atoms with Crippen LogP contribution in [0.15, 0.2) is 0 Å². The Hall–Kier alpha value is -1.06. The third-order valence-electron chi connectivity index (χ3n) is 4.34. The first kappa shape index (κ1) is 21.0. The highest BCUT2D eigenvalue weighted by Gasteiger charge is 2.03. The number of rotatable bonds is 18. The molecular weight excluding hydrogens is 302 g/mol. The molecular formula is C20H39NO3. The molecule has 0 aliphatic heterocycles. The highest BCUT2D eigenvalue weighted by molar-refractivity contribution is 5.80. The van der Waals surface area contributed by atoms with Crippen molar-refractivity contribution in [2.45, 2.75) is 110 Å². The lowest BCUT2D eigenvalue weighted by molar-refractivity contribution is -0.137. The van der Waals surface area contributed by atoms with Crippen LogP contribution in [-0.2, 0) is 9.59 Å². The summed E-state index contributed by atoms with van der Waals surface area (Å²) in [7, 11) is 0. The molecule has 4 heteroatoms. The van der Waals surface area contributed by atoms with Crippen LogP contribution in [0, 0.1) is 0 Å². The highest BCUT2D eigenvalue weighted by Crippen LogP contribution is 2.13. The number of amides is 1. The summed E-state index contributed by atoms with van der Waals surface area (Å²) in [4.78, 5) is 21.6. The van der Waals surface area contributed by atoms with Gasteiger partial charge in [-0.25, -0.2) is 0 Å². The fraction of sp³-hybridized carbons (Fsp3) is 0.900. The van der Waals surface area contributed by atoms with E-state index in [4.69, 9.17) is 6.48 Å². The van der Waals surface area contributed by atoms with Crippen molar-refractivity contribution >= 4 is 11.9 Å². The Kier molecular flexibility index (Phi) is 16.0. The second kappa shape index (κ2) is 18.3. The number of carboxylic acids is 1. The van der Waals surface area contributed by atoms with Crippen LogP contribution in [0.3, 0.4) is 0 Å². The third-order valence-corrected chi connectivity index (χ3v) is 4.34. The number of hydrogen-bond acceptors (Lipinski definition) is 2. The lowest BCUT2D eigenvalue weighted by atomic mass is 10.0. The molecule has 4 nitrogen and oxygen atoms in total. The van der Waals surface area contributed by atoms with Crippen LogP contribution in [0.25, 0.3) is 0 Å². The van der Waals surface area contributed by atoms with Crippen molar-refractivity contribution < 1.29 is 16.1 Å². The molecule has 1 amide bonds. The molecule has 0 unspecified atom stereocenters. The molecule has 0 aliphatic carbocycles. The number of nitrogens with one attached hydrogen (secondary N) is 1. The van der Waals surface area contributed by atoms with Crippen LogP contribution in [0.2, 0.25) is 0 Å². The molecule has 0 heterocycles. The SMILES string of the molecule is [2H]CCCCCCCCCCCCCCCCCC(=O)NCC(=O)O. The summed E-state index contributed by atoms with van der Waals surface area (Å²) in [5.74, 6) is -1.15. The molecule has 0 saturated carbocycles. The first-order valence-electron chi connectivity index (χ1n) is 10.6. The normalized spacial score (nSPS) is 11.2. The molecule has 0 radical (unpaired) electrons. The molecule has 0 rings (SSSR count). The van der Waals surface area contributed by atoms with Crippen molar-refractivity contribution in [1.29, 1.82) is 0 Å². The maximum Gasteiger partial charge on any atom is 0.322 e. The van der Waals surface area contributed by atoms with Gasteiger partial charge in [0.15, 0.2) is 0 Å². The molecule has 0 aromatic rings. The molecule has 0 fully saturated rings. The second-order valence-corrected chi connectivity index (χ2v) is 6.72. The van der Waals surface area contributed by atoms with Gasteiger partial charge in [0.1, 0.15) is 6.54 Å². The van der Waals surface area contributed by atoms with Crippen molar-refractivity contribution in [2.75, 3.05) is 6.54 Å². The van der Waals surface area contributed by atoms with E-state index < -0.39 is 5.97 Å². The van der Waals surface area contributed by atoms with Crippen molar-refractivity contribution in [3.05, 3.63) is 0 Å². The topological polar surface area (TPSA) is 66.4 Å². The molecule has 0 atom stereocenters. The predicted molar refractivity (Wildman–Crippen MR) is 100 cm³/mol. The molecule has 0 aromatic heterocycles. The average Bonchev–Trinajstić information content (AvgIpc) is 2.59. The van der Waals surface area contributed by atoms with E-state index in [1.807, 2.05) is 0 Å². The van der Waals surface area contributed by atoms with E-state index in [1.165, 1.54) is 77.0 Å². The molecule has 0 bridgehead atoms. The zero-order valence-corrected chi connectivity index (χ0v) is 15.5. The lowest BCUT2D eigenvalue weighted by Gasteiger charge is -2.04. The van der Waals surface area contributed by atoms with Gasteiger partial charge in [0.2, 0.25) is 5.91 Å². The Morgan fingerprint density at radius 2 is 1.17 bits per heavy atom. The monoisotopic (exact) mass is 342 g/mol. The zero-order valence-electron chi connectivity index (χ0n) is 16.5. The number of unbranched alkanes of at least 4 members (excludes halogenated alkanes) is 14. The second-order valence-electron chi connectivity index (χ2n) is 6.72. The van der Waals surface area contributed by atoms with Crippen LogP contribution in [0.1, 0.15) is 111 Å². The summed E-state index contributed by atoms with van der Waals surface area (Å²) in [6, 6.07) is 0. The molecule has 2 N–H and O–H groups in total. The van der Waals surface area contributed by atoms with E-state index in [-0.39, 0.29) is 12.5 Å². The van der Waals surface area contributed by atoms with Gasteiger partial charge in [0.25, 0.3) is 0 Å². The molecule has 0 aromatic carbocycles. The maximum atomic E-state index is 11.3. The minimum absolute atomic E-state index is 0.154. The van der Waals surface area contributed by atoms with E-state index in [9.17, 15) is 9.59 Å². The fourth-order valence-corrected chi connectivity index (χ4v) is 2.85. The van der Waals surface area contributed by atoms with Crippen molar-refractivity contribution in [2.24, 2.45) is 0 Å². The average molecular weight is 343 g/mol. The number of carbonyl (C=O) groups excluding carboxylic acids is 1. The van der Waals surface area contributed by atoms with Gasteiger partial charge in [-0.2, -0.15) is 0 Å². The minimum Gasteiger partial charge on any atom is -0.480 e. The van der Waals surface area contributed by atoms with Crippen LogP contribution >= 0.6 is 0 Å². The van der Waals surface area contributed by atoms with Crippen LogP contribution in [-0.4, -0.2) is 23.5 Å². The van der Waals surface area contributed by atoms with E-state index in [1.54, 1.807) is 0 Å². The number of hydrogen-bond donors (Lipinski definition) is 2.